The van der Waals surface area contributed by atoms with E-state index in [2.05, 4.69) is 5.32 Å². The van der Waals surface area contributed by atoms with Crippen molar-refractivity contribution in [3.05, 3.63) is 88.0 Å². The number of nitro benzene ring substituents is 1. The van der Waals surface area contributed by atoms with E-state index in [0.717, 1.165) is 42.5 Å². The smallest absolute Gasteiger partial charge is 0.273 e. The number of hydrogen-bond donors (Lipinski definition) is 1. The van der Waals surface area contributed by atoms with E-state index >= 15 is 0 Å². The maximum Gasteiger partial charge on any atom is 0.273 e. The average molecular weight is 653 g/mol. The van der Waals surface area contributed by atoms with Crippen molar-refractivity contribution in [2.75, 3.05) is 25.1 Å². The van der Waals surface area contributed by atoms with E-state index in [4.69, 9.17) is 9.47 Å². The molecule has 46 heavy (non-hydrogen) atoms. The zero-order valence-corrected chi connectivity index (χ0v) is 27.3. The van der Waals surface area contributed by atoms with Gasteiger partial charge in [0.25, 0.3) is 15.7 Å². The normalized spacial score (nSPS) is 14.2. The van der Waals surface area contributed by atoms with Gasteiger partial charge in [-0.05, 0) is 74.7 Å². The van der Waals surface area contributed by atoms with Crippen LogP contribution < -0.4 is 19.1 Å². The number of nitrogens with one attached hydrogen (secondary N) is 1. The number of anilines is 1. The summed E-state index contributed by atoms with van der Waals surface area (Å²) in [7, 11) is -1.49. The van der Waals surface area contributed by atoms with E-state index in [9.17, 15) is 28.1 Å². The summed E-state index contributed by atoms with van der Waals surface area (Å²) < 4.78 is 39.6. The lowest BCUT2D eigenvalue weighted by Crippen LogP contribution is -2.53. The van der Waals surface area contributed by atoms with Crippen LogP contribution in [0.3, 0.4) is 0 Å². The largest absolute Gasteiger partial charge is 0.497 e. The number of ether oxygens (including phenoxy) is 2. The van der Waals surface area contributed by atoms with Gasteiger partial charge < -0.3 is 19.7 Å². The monoisotopic (exact) mass is 652 g/mol. The Labute approximate surface area is 269 Å². The molecule has 1 saturated carbocycles. The number of methoxy groups -OCH3 is 2. The van der Waals surface area contributed by atoms with Crippen molar-refractivity contribution in [2.45, 2.75) is 69.5 Å². The van der Waals surface area contributed by atoms with E-state index in [-0.39, 0.29) is 34.8 Å². The molecule has 3 aromatic carbocycles. The highest BCUT2D eigenvalue weighted by Gasteiger charge is 2.34. The SMILES string of the molecule is COc1ccc(CN(C(=O)CN(c2ccc(OC)cc2)S(=O)(=O)c2ccc(C)c([N+](=O)[O-])c2)C(C)C(=O)NC2CCCCC2)cc1. The van der Waals surface area contributed by atoms with Gasteiger partial charge in [0.05, 0.1) is 29.7 Å². The highest BCUT2D eigenvalue weighted by atomic mass is 32.2. The van der Waals surface area contributed by atoms with Crippen molar-refractivity contribution >= 4 is 33.2 Å². The molecule has 0 aliphatic heterocycles. The third kappa shape index (κ3) is 8.13. The summed E-state index contributed by atoms with van der Waals surface area (Å²) in [6, 6.07) is 15.8. The topological polar surface area (TPSA) is 148 Å². The molecule has 246 valence electrons. The molecule has 1 aliphatic carbocycles. The highest BCUT2D eigenvalue weighted by Crippen LogP contribution is 2.30. The van der Waals surface area contributed by atoms with Crippen molar-refractivity contribution in [3.63, 3.8) is 0 Å². The zero-order chi connectivity index (χ0) is 33.4. The van der Waals surface area contributed by atoms with E-state index in [1.165, 1.54) is 43.2 Å². The minimum Gasteiger partial charge on any atom is -0.497 e. The van der Waals surface area contributed by atoms with Gasteiger partial charge in [-0.3, -0.25) is 24.0 Å². The standard InChI is InChI=1S/C33H40N4O8S/c1-23-10-19-30(20-31(23)37(40)41)46(42,43)36(27-13-17-29(45-4)18-14-27)22-32(38)35(21-25-11-15-28(44-3)16-12-25)24(2)33(39)34-26-8-6-5-7-9-26/h10-20,24,26H,5-9,21-22H2,1-4H3,(H,34,39). The van der Waals surface area contributed by atoms with Crippen LogP contribution in [0.5, 0.6) is 11.5 Å². The molecule has 0 bridgehead atoms. The minimum absolute atomic E-state index is 0.00939. The van der Waals surface area contributed by atoms with E-state index < -0.39 is 33.4 Å². The second kappa shape index (κ2) is 15.1. The Bertz CT molecular complexity index is 1640. The Balaban J connectivity index is 1.72. The summed E-state index contributed by atoms with van der Waals surface area (Å²) in [5, 5.41) is 14.7. The van der Waals surface area contributed by atoms with Crippen molar-refractivity contribution < 1.29 is 32.4 Å². The quantitative estimate of drug-likeness (QED) is 0.201. The molecule has 1 aliphatic rings. The lowest BCUT2D eigenvalue weighted by Gasteiger charge is -2.33. The lowest BCUT2D eigenvalue weighted by atomic mass is 9.95. The van der Waals surface area contributed by atoms with E-state index in [0.29, 0.717) is 22.6 Å². The fraction of sp³-hybridized carbons (Fsp3) is 0.394. The molecule has 4 rings (SSSR count). The molecule has 0 aromatic heterocycles. The Kier molecular flexibility index (Phi) is 11.2. The van der Waals surface area contributed by atoms with Crippen molar-refractivity contribution in [1.82, 2.24) is 10.2 Å². The van der Waals surface area contributed by atoms with Crippen molar-refractivity contribution in [2.24, 2.45) is 0 Å². The van der Waals surface area contributed by atoms with Gasteiger partial charge in [0.1, 0.15) is 24.1 Å². The minimum atomic E-state index is -4.50. The van der Waals surface area contributed by atoms with Gasteiger partial charge in [-0.2, -0.15) is 0 Å². The summed E-state index contributed by atoms with van der Waals surface area (Å²) in [6.45, 7) is 2.48. The summed E-state index contributed by atoms with van der Waals surface area (Å²) in [6.07, 6.45) is 4.86. The van der Waals surface area contributed by atoms with E-state index in [1.807, 2.05) is 0 Å². The zero-order valence-electron chi connectivity index (χ0n) is 26.5. The Morgan fingerprint density at radius 2 is 1.54 bits per heavy atom. The van der Waals surface area contributed by atoms with Crippen LogP contribution in [0.1, 0.15) is 50.2 Å². The average Bonchev–Trinajstić information content (AvgIpc) is 3.06. The molecule has 1 fully saturated rings. The Morgan fingerprint density at radius 1 is 0.957 bits per heavy atom. The number of aryl methyl sites for hydroxylation is 1. The summed E-state index contributed by atoms with van der Waals surface area (Å²) in [4.78, 5) is 39.7. The summed E-state index contributed by atoms with van der Waals surface area (Å²) in [5.74, 6) is 0.117. The number of benzene rings is 3. The molecule has 0 heterocycles. The lowest BCUT2D eigenvalue weighted by molar-refractivity contribution is -0.385. The first-order valence-corrected chi connectivity index (χ1v) is 16.5. The van der Waals surface area contributed by atoms with Gasteiger partial charge in [-0.25, -0.2) is 8.42 Å². The van der Waals surface area contributed by atoms with Gasteiger partial charge in [0, 0.05) is 24.2 Å². The molecule has 0 radical (unpaired) electrons. The first-order chi connectivity index (χ1) is 21.9. The van der Waals surface area contributed by atoms with Crippen LogP contribution in [-0.2, 0) is 26.2 Å². The van der Waals surface area contributed by atoms with Crippen LogP contribution in [0.2, 0.25) is 0 Å². The number of amides is 2. The van der Waals surface area contributed by atoms with Crippen LogP contribution in [0.15, 0.2) is 71.6 Å². The van der Waals surface area contributed by atoms with Gasteiger partial charge in [-0.15, -0.1) is 0 Å². The highest BCUT2D eigenvalue weighted by molar-refractivity contribution is 7.92. The first kappa shape index (κ1) is 34.2. The third-order valence-corrected chi connectivity index (χ3v) is 10.0. The molecule has 13 heteroatoms. The van der Waals surface area contributed by atoms with Crippen LogP contribution in [0.4, 0.5) is 11.4 Å². The summed E-state index contributed by atoms with van der Waals surface area (Å²) >= 11 is 0. The van der Waals surface area contributed by atoms with Crippen molar-refractivity contribution in [1.29, 1.82) is 0 Å². The number of nitrogens with zero attached hydrogens (tertiary/aromatic N) is 3. The van der Waals surface area contributed by atoms with Crippen LogP contribution in [-0.4, -0.2) is 62.9 Å². The van der Waals surface area contributed by atoms with Gasteiger partial charge in [0.2, 0.25) is 11.8 Å². The molecule has 0 spiro atoms. The van der Waals surface area contributed by atoms with Gasteiger partial charge >= 0.3 is 0 Å². The number of nitro groups is 1. The predicted octanol–water partition coefficient (Wildman–Crippen LogP) is 4.98. The van der Waals surface area contributed by atoms with Crippen LogP contribution >= 0.6 is 0 Å². The van der Waals surface area contributed by atoms with Gasteiger partial charge in [0.15, 0.2) is 0 Å². The fourth-order valence-corrected chi connectivity index (χ4v) is 6.86. The fourth-order valence-electron chi connectivity index (χ4n) is 5.43. The van der Waals surface area contributed by atoms with Crippen LogP contribution in [0.25, 0.3) is 0 Å². The Hall–Kier alpha value is -4.65. The molecule has 0 saturated heterocycles. The van der Waals surface area contributed by atoms with Gasteiger partial charge in [-0.1, -0.05) is 37.5 Å². The molecule has 1 unspecified atom stereocenters. The first-order valence-electron chi connectivity index (χ1n) is 15.1. The number of carbonyl (C=O) groups excluding carboxylic acids is 2. The molecular weight excluding hydrogens is 612 g/mol. The van der Waals surface area contributed by atoms with Crippen molar-refractivity contribution in [3.8, 4) is 11.5 Å². The number of carbonyl (C=O) groups is 2. The van der Waals surface area contributed by atoms with Crippen LogP contribution in [0, 0.1) is 17.0 Å². The predicted molar refractivity (Wildman–Crippen MR) is 173 cm³/mol. The summed E-state index contributed by atoms with van der Waals surface area (Å²) in [5.41, 5.74) is 0.774. The second-order valence-electron chi connectivity index (χ2n) is 11.3. The molecule has 3 aromatic rings. The molecule has 1 N–H and O–H groups in total. The Morgan fingerprint density at radius 3 is 2.11 bits per heavy atom. The molecular formula is C33H40N4O8S. The molecule has 12 nitrogen and oxygen atoms in total. The maximum absolute atomic E-state index is 14.2. The number of sulfonamides is 1. The second-order valence-corrected chi connectivity index (χ2v) is 13.2. The third-order valence-electron chi connectivity index (χ3n) is 8.24. The maximum atomic E-state index is 14.2. The molecule has 2 amide bonds. The number of rotatable bonds is 13. The number of hydrogen-bond acceptors (Lipinski definition) is 8. The molecule has 1 atom stereocenters. The van der Waals surface area contributed by atoms with E-state index in [1.54, 1.807) is 50.4 Å².